The number of nitrogens with zero attached hydrogens (tertiary/aromatic N) is 1. The molecule has 0 aromatic rings. The first kappa shape index (κ1) is 10.8. The van der Waals surface area contributed by atoms with E-state index >= 15 is 0 Å². The summed E-state index contributed by atoms with van der Waals surface area (Å²) >= 11 is 5.60. The first-order chi connectivity index (χ1) is 6.48. The molecule has 14 heavy (non-hydrogen) atoms. The van der Waals surface area contributed by atoms with Gasteiger partial charge in [0.15, 0.2) is 0 Å². The highest BCUT2D eigenvalue weighted by Crippen LogP contribution is 2.46. The van der Waals surface area contributed by atoms with Gasteiger partial charge >= 0.3 is 0 Å². The summed E-state index contributed by atoms with van der Waals surface area (Å²) in [4.78, 5) is 1.47. The molecule has 2 aliphatic rings. The predicted molar refractivity (Wildman–Crippen MR) is 67.3 cm³/mol. The van der Waals surface area contributed by atoms with Crippen LogP contribution in [0, 0.1) is 0 Å². The summed E-state index contributed by atoms with van der Waals surface area (Å²) in [6.07, 6.45) is 4.73. The molecule has 78 valence electrons. The quantitative estimate of drug-likeness (QED) is 0.612. The summed E-state index contributed by atoms with van der Waals surface area (Å²) < 4.78 is 3.87. The van der Waals surface area contributed by atoms with Crippen molar-refractivity contribution in [1.82, 2.24) is 4.31 Å². The largest absolute Gasteiger partial charge is 0.237 e. The third-order valence-corrected chi connectivity index (χ3v) is 4.96. The normalized spacial score (nSPS) is 23.9. The van der Waals surface area contributed by atoms with Crippen molar-refractivity contribution in [3.05, 3.63) is 21.0 Å². The molecule has 1 nitrogen and oxygen atoms in total. The number of fused-ring (bicyclic) bond motifs is 1. The van der Waals surface area contributed by atoms with Crippen molar-refractivity contribution >= 4 is 27.9 Å². The molecule has 3 heteroatoms. The van der Waals surface area contributed by atoms with Gasteiger partial charge in [-0.3, -0.25) is 0 Å². The number of halogens is 1. The molecular formula is C11H16BrNS. The van der Waals surface area contributed by atoms with Crippen molar-refractivity contribution in [3.63, 3.8) is 0 Å². The zero-order chi connectivity index (χ0) is 10.3. The van der Waals surface area contributed by atoms with Gasteiger partial charge in [-0.25, -0.2) is 4.31 Å². The zero-order valence-electron chi connectivity index (χ0n) is 8.93. The second kappa shape index (κ2) is 3.69. The van der Waals surface area contributed by atoms with Crippen LogP contribution < -0.4 is 0 Å². The van der Waals surface area contributed by atoms with Crippen LogP contribution in [0.3, 0.4) is 0 Å². The molecule has 0 bridgehead atoms. The Labute approximate surface area is 98.9 Å². The molecule has 1 aliphatic heterocycles. The summed E-state index contributed by atoms with van der Waals surface area (Å²) in [6.45, 7) is 7.89. The topological polar surface area (TPSA) is 3.24 Å². The van der Waals surface area contributed by atoms with Crippen molar-refractivity contribution in [2.24, 2.45) is 0 Å². The van der Waals surface area contributed by atoms with Crippen LogP contribution in [-0.2, 0) is 0 Å². The maximum atomic E-state index is 3.69. The molecule has 0 aromatic heterocycles. The summed E-state index contributed by atoms with van der Waals surface area (Å²) in [5, 5.41) is 0. The van der Waals surface area contributed by atoms with E-state index in [0.29, 0.717) is 0 Å². The van der Waals surface area contributed by atoms with Crippen LogP contribution in [0.25, 0.3) is 0 Å². The van der Waals surface area contributed by atoms with Gasteiger partial charge in [0.1, 0.15) is 0 Å². The average molecular weight is 274 g/mol. The molecule has 0 radical (unpaired) electrons. The fraction of sp³-hybridized carbons (Fsp3) is 0.636. The molecule has 0 atom stereocenters. The monoisotopic (exact) mass is 273 g/mol. The Bertz CT molecular complexity index is 312. The van der Waals surface area contributed by atoms with Gasteiger partial charge < -0.3 is 0 Å². The lowest BCUT2D eigenvalue weighted by molar-refractivity contribution is 0.299. The SMILES string of the molecule is CC(C)(C)N1CC2=C(Br)CCC=C2S1. The number of rotatable bonds is 0. The molecule has 0 N–H and O–H groups in total. The van der Waals surface area contributed by atoms with Crippen LogP contribution in [-0.4, -0.2) is 16.4 Å². The molecule has 1 aliphatic carbocycles. The van der Waals surface area contributed by atoms with Crippen LogP contribution in [0.5, 0.6) is 0 Å². The van der Waals surface area contributed by atoms with E-state index in [4.69, 9.17) is 0 Å². The van der Waals surface area contributed by atoms with Crippen LogP contribution >= 0.6 is 27.9 Å². The lowest BCUT2D eigenvalue weighted by atomic mass is 10.0. The molecule has 1 fully saturated rings. The van der Waals surface area contributed by atoms with E-state index < -0.39 is 0 Å². The molecule has 1 heterocycles. The average Bonchev–Trinajstić information content (AvgIpc) is 2.48. The van der Waals surface area contributed by atoms with E-state index in [9.17, 15) is 0 Å². The van der Waals surface area contributed by atoms with Crippen LogP contribution in [0.2, 0.25) is 0 Å². The highest BCUT2D eigenvalue weighted by atomic mass is 79.9. The van der Waals surface area contributed by atoms with E-state index in [0.717, 1.165) is 6.54 Å². The summed E-state index contributed by atoms with van der Waals surface area (Å²) in [7, 11) is 0. The first-order valence-electron chi connectivity index (χ1n) is 5.02. The maximum absolute atomic E-state index is 3.69. The van der Waals surface area contributed by atoms with Crippen molar-refractivity contribution < 1.29 is 0 Å². The van der Waals surface area contributed by atoms with Crippen molar-refractivity contribution in [1.29, 1.82) is 0 Å². The fourth-order valence-electron chi connectivity index (χ4n) is 1.66. The Morgan fingerprint density at radius 3 is 2.71 bits per heavy atom. The van der Waals surface area contributed by atoms with Crippen LogP contribution in [0.15, 0.2) is 21.0 Å². The van der Waals surface area contributed by atoms with Crippen molar-refractivity contribution in [2.45, 2.75) is 39.2 Å². The van der Waals surface area contributed by atoms with Gasteiger partial charge in [0, 0.05) is 21.5 Å². The van der Waals surface area contributed by atoms with Crippen LogP contribution in [0.1, 0.15) is 33.6 Å². The third-order valence-electron chi connectivity index (χ3n) is 2.58. The summed E-state index contributed by atoms with van der Waals surface area (Å²) in [5.41, 5.74) is 1.76. The minimum absolute atomic E-state index is 0.253. The molecule has 2 rings (SSSR count). The van der Waals surface area contributed by atoms with Gasteiger partial charge in [-0.05, 0) is 51.1 Å². The molecular weight excluding hydrogens is 258 g/mol. The molecule has 0 unspecified atom stereocenters. The Hall–Kier alpha value is 0.270. The van der Waals surface area contributed by atoms with E-state index in [1.54, 1.807) is 0 Å². The Balaban J connectivity index is 2.24. The molecule has 0 amide bonds. The van der Waals surface area contributed by atoms with Gasteiger partial charge in [-0.15, -0.1) is 0 Å². The van der Waals surface area contributed by atoms with E-state index in [2.05, 4.69) is 47.1 Å². The van der Waals surface area contributed by atoms with Gasteiger partial charge in [-0.1, -0.05) is 22.0 Å². The van der Waals surface area contributed by atoms with Crippen molar-refractivity contribution in [2.75, 3.05) is 6.54 Å². The molecule has 1 saturated heterocycles. The lowest BCUT2D eigenvalue weighted by Crippen LogP contribution is -2.34. The highest BCUT2D eigenvalue weighted by molar-refractivity contribution is 9.11. The maximum Gasteiger partial charge on any atom is 0.0369 e. The molecule has 0 spiro atoms. The van der Waals surface area contributed by atoms with Gasteiger partial charge in [0.05, 0.1) is 0 Å². The lowest BCUT2D eigenvalue weighted by Gasteiger charge is -2.29. The second-order valence-electron chi connectivity index (χ2n) is 4.79. The van der Waals surface area contributed by atoms with Crippen molar-refractivity contribution in [3.8, 4) is 0 Å². The standard InChI is InChI=1S/C11H16BrNS/c1-11(2,3)13-7-8-9(12)5-4-6-10(8)14-13/h6H,4-5,7H2,1-3H3. The summed E-state index contributed by atoms with van der Waals surface area (Å²) in [5.74, 6) is 0. The second-order valence-corrected chi connectivity index (χ2v) is 6.81. The Morgan fingerprint density at radius 1 is 1.43 bits per heavy atom. The Kier molecular flexibility index (Phi) is 2.84. The minimum Gasteiger partial charge on any atom is -0.237 e. The van der Waals surface area contributed by atoms with Crippen LogP contribution in [0.4, 0.5) is 0 Å². The zero-order valence-corrected chi connectivity index (χ0v) is 11.3. The van der Waals surface area contributed by atoms with E-state index in [1.165, 1.54) is 27.8 Å². The van der Waals surface area contributed by atoms with E-state index in [-0.39, 0.29) is 5.54 Å². The predicted octanol–water partition coefficient (Wildman–Crippen LogP) is 4.08. The first-order valence-corrected chi connectivity index (χ1v) is 6.59. The highest BCUT2D eigenvalue weighted by Gasteiger charge is 2.33. The Morgan fingerprint density at radius 2 is 2.14 bits per heavy atom. The smallest absolute Gasteiger partial charge is 0.0369 e. The minimum atomic E-state index is 0.253. The molecule has 0 saturated carbocycles. The van der Waals surface area contributed by atoms with E-state index in [1.807, 2.05) is 11.9 Å². The van der Waals surface area contributed by atoms with Gasteiger partial charge in [0.25, 0.3) is 0 Å². The third kappa shape index (κ3) is 1.95. The number of allylic oxidation sites excluding steroid dienone is 2. The van der Waals surface area contributed by atoms with Gasteiger partial charge in [-0.2, -0.15) is 0 Å². The number of hydrogen-bond acceptors (Lipinski definition) is 2. The summed E-state index contributed by atoms with van der Waals surface area (Å²) in [6, 6.07) is 0. The molecule has 0 aromatic carbocycles. The fourth-order valence-corrected chi connectivity index (χ4v) is 3.56. The van der Waals surface area contributed by atoms with Gasteiger partial charge in [0.2, 0.25) is 0 Å². The number of hydrogen-bond donors (Lipinski definition) is 0.